The second kappa shape index (κ2) is 15.6. The molecule has 0 saturated carbocycles. The van der Waals surface area contributed by atoms with Gasteiger partial charge < -0.3 is 34.6 Å². The standard InChI is InChI=1S/C32H34F2N6O6/c1-39(2)29(42)12-5-4-8-24(36-28(41)19-45-3)31(43)37-25-10-7-15-40(32(25)44)17-27-35-23-9-6-11-26(30(23)38-27)46-18-20-13-14-21(33)16-22(20)34/h5-7,9-16,24H,4,8,17-19H2,1-3H3,(H,35,38)(H,36,41)(H,37,43)/b12-5+. The van der Waals surface area contributed by atoms with E-state index in [1.807, 2.05) is 0 Å². The van der Waals surface area contributed by atoms with Gasteiger partial charge in [-0.25, -0.2) is 13.8 Å². The number of aromatic amines is 1. The van der Waals surface area contributed by atoms with Gasteiger partial charge in [0.05, 0.1) is 12.1 Å². The number of amides is 3. The van der Waals surface area contributed by atoms with Gasteiger partial charge in [-0.15, -0.1) is 0 Å². The molecule has 12 nitrogen and oxygen atoms in total. The number of halogens is 2. The number of benzene rings is 2. The van der Waals surface area contributed by atoms with Gasteiger partial charge in [0.25, 0.3) is 5.56 Å². The number of nitrogens with one attached hydrogen (secondary N) is 3. The highest BCUT2D eigenvalue weighted by Gasteiger charge is 2.22. The van der Waals surface area contributed by atoms with Crippen molar-refractivity contribution in [2.75, 3.05) is 33.1 Å². The van der Waals surface area contributed by atoms with Gasteiger partial charge >= 0.3 is 0 Å². The van der Waals surface area contributed by atoms with Crippen LogP contribution < -0.4 is 20.9 Å². The van der Waals surface area contributed by atoms with E-state index in [9.17, 15) is 28.0 Å². The molecule has 2 aromatic carbocycles. The maximum absolute atomic E-state index is 14.1. The molecule has 14 heteroatoms. The summed E-state index contributed by atoms with van der Waals surface area (Å²) in [5, 5.41) is 5.19. The maximum Gasteiger partial charge on any atom is 0.274 e. The number of pyridine rings is 1. The monoisotopic (exact) mass is 636 g/mol. The summed E-state index contributed by atoms with van der Waals surface area (Å²) in [6, 6.07) is 10.4. The van der Waals surface area contributed by atoms with Crippen LogP contribution in [-0.4, -0.2) is 71.0 Å². The van der Waals surface area contributed by atoms with Crippen LogP contribution in [0.15, 0.2) is 71.7 Å². The minimum absolute atomic E-state index is 0.0155. The Morgan fingerprint density at radius 2 is 1.93 bits per heavy atom. The zero-order valence-corrected chi connectivity index (χ0v) is 25.5. The van der Waals surface area contributed by atoms with Gasteiger partial charge in [-0.2, -0.15) is 0 Å². The van der Waals surface area contributed by atoms with Crippen LogP contribution in [0.4, 0.5) is 14.5 Å². The summed E-state index contributed by atoms with van der Waals surface area (Å²) >= 11 is 0. The summed E-state index contributed by atoms with van der Waals surface area (Å²) in [5.41, 5.74) is 0.710. The van der Waals surface area contributed by atoms with Crippen molar-refractivity contribution >= 4 is 34.4 Å². The number of H-pyrrole nitrogens is 1. The smallest absolute Gasteiger partial charge is 0.274 e. The number of hydrogen-bond acceptors (Lipinski definition) is 7. The number of anilines is 1. The van der Waals surface area contributed by atoms with Gasteiger partial charge in [-0.3, -0.25) is 19.2 Å². The van der Waals surface area contributed by atoms with Gasteiger partial charge in [-0.1, -0.05) is 12.1 Å². The van der Waals surface area contributed by atoms with E-state index in [0.717, 1.165) is 12.1 Å². The van der Waals surface area contributed by atoms with Crippen molar-refractivity contribution in [3.05, 3.63) is 100 Å². The molecule has 0 radical (unpaired) electrons. The van der Waals surface area contributed by atoms with Crippen LogP contribution in [0.2, 0.25) is 0 Å². The van der Waals surface area contributed by atoms with Crippen molar-refractivity contribution in [2.45, 2.75) is 32.0 Å². The highest BCUT2D eigenvalue weighted by molar-refractivity contribution is 5.97. The molecule has 3 amide bonds. The molecular formula is C32H34F2N6O6. The number of allylic oxidation sites excluding steroid dienone is 1. The number of hydrogen-bond donors (Lipinski definition) is 3. The zero-order chi connectivity index (χ0) is 33.2. The Kier molecular flexibility index (Phi) is 11.3. The number of carbonyl (C=O) groups is 3. The molecule has 0 aliphatic carbocycles. The predicted molar refractivity (Wildman–Crippen MR) is 166 cm³/mol. The summed E-state index contributed by atoms with van der Waals surface area (Å²) in [6.45, 7) is -0.391. The Bertz CT molecular complexity index is 1800. The van der Waals surface area contributed by atoms with E-state index < -0.39 is 35.0 Å². The molecule has 0 fully saturated rings. The molecule has 0 bridgehead atoms. The first kappa shape index (κ1) is 33.5. The third-order valence-electron chi connectivity index (χ3n) is 6.77. The van der Waals surface area contributed by atoms with Crippen molar-refractivity contribution in [1.29, 1.82) is 0 Å². The van der Waals surface area contributed by atoms with E-state index in [1.54, 1.807) is 44.4 Å². The Hall–Kier alpha value is -5.37. The third-order valence-corrected chi connectivity index (χ3v) is 6.77. The second-order valence-corrected chi connectivity index (χ2v) is 10.5. The summed E-state index contributed by atoms with van der Waals surface area (Å²) in [5.74, 6) is -1.99. The highest BCUT2D eigenvalue weighted by atomic mass is 19.1. The van der Waals surface area contributed by atoms with Crippen molar-refractivity contribution in [2.24, 2.45) is 0 Å². The highest BCUT2D eigenvalue weighted by Crippen LogP contribution is 2.25. The van der Waals surface area contributed by atoms with E-state index in [-0.39, 0.29) is 43.3 Å². The molecule has 46 heavy (non-hydrogen) atoms. The Labute approximate surface area is 263 Å². The summed E-state index contributed by atoms with van der Waals surface area (Å²) in [6.07, 6.45) is 4.98. The molecule has 0 aliphatic rings. The fourth-order valence-electron chi connectivity index (χ4n) is 4.41. The van der Waals surface area contributed by atoms with Crippen molar-refractivity contribution in [3.63, 3.8) is 0 Å². The van der Waals surface area contributed by atoms with Crippen molar-refractivity contribution in [1.82, 2.24) is 24.8 Å². The molecular weight excluding hydrogens is 602 g/mol. The first-order valence-corrected chi connectivity index (χ1v) is 14.3. The molecule has 242 valence electrons. The third kappa shape index (κ3) is 8.85. The van der Waals surface area contributed by atoms with Crippen molar-refractivity contribution in [3.8, 4) is 5.75 Å². The average Bonchev–Trinajstić information content (AvgIpc) is 3.43. The number of methoxy groups -OCH3 is 1. The largest absolute Gasteiger partial charge is 0.486 e. The minimum atomic E-state index is -1.01. The van der Waals surface area contributed by atoms with E-state index in [4.69, 9.17) is 9.47 Å². The molecule has 0 aliphatic heterocycles. The first-order chi connectivity index (χ1) is 22.0. The number of para-hydroxylation sites is 1. The van der Waals surface area contributed by atoms with Crippen LogP contribution in [0.3, 0.4) is 0 Å². The predicted octanol–water partition coefficient (Wildman–Crippen LogP) is 3.12. The Morgan fingerprint density at radius 3 is 2.67 bits per heavy atom. The fourth-order valence-corrected chi connectivity index (χ4v) is 4.41. The number of rotatable bonds is 14. The van der Waals surface area contributed by atoms with Gasteiger partial charge in [0.1, 0.15) is 53.7 Å². The quantitative estimate of drug-likeness (QED) is 0.180. The topological polar surface area (TPSA) is 148 Å². The number of aromatic nitrogens is 3. The zero-order valence-electron chi connectivity index (χ0n) is 25.5. The maximum atomic E-state index is 14.1. The molecule has 1 unspecified atom stereocenters. The molecule has 4 rings (SSSR count). The van der Waals surface area contributed by atoms with E-state index in [2.05, 4.69) is 20.6 Å². The number of nitrogens with zero attached hydrogens (tertiary/aromatic N) is 3. The van der Waals surface area contributed by atoms with Crippen molar-refractivity contribution < 1.29 is 32.6 Å². The lowest BCUT2D eigenvalue weighted by molar-refractivity contribution is -0.129. The molecule has 4 aromatic rings. The van der Waals surface area contributed by atoms with Crippen LogP contribution in [-0.2, 0) is 32.3 Å². The SMILES string of the molecule is COCC(=O)NC(CC/C=C/C(=O)N(C)C)C(=O)Nc1cccn(Cc2nc3c(OCc4ccc(F)cc4F)cccc3[nH]2)c1=O. The Balaban J connectivity index is 1.47. The Morgan fingerprint density at radius 1 is 1.13 bits per heavy atom. The summed E-state index contributed by atoms with van der Waals surface area (Å²) in [7, 11) is 4.57. The average molecular weight is 637 g/mol. The minimum Gasteiger partial charge on any atom is -0.486 e. The van der Waals surface area contributed by atoms with Gasteiger partial charge in [0.2, 0.25) is 17.7 Å². The van der Waals surface area contributed by atoms with Crippen LogP contribution in [0.25, 0.3) is 11.0 Å². The van der Waals surface area contributed by atoms with Crippen LogP contribution in [0, 0.1) is 11.6 Å². The van der Waals surface area contributed by atoms with Crippen LogP contribution in [0.1, 0.15) is 24.2 Å². The number of likely N-dealkylation sites (N-methyl/N-ethyl adjacent to an activating group) is 1. The van der Waals surface area contributed by atoms with Gasteiger partial charge in [-0.05, 0) is 55.3 Å². The lowest BCUT2D eigenvalue weighted by Gasteiger charge is -2.18. The number of imidazole rings is 1. The van der Waals surface area contributed by atoms with E-state index in [1.165, 1.54) is 41.0 Å². The molecule has 0 saturated heterocycles. The lowest BCUT2D eigenvalue weighted by Crippen LogP contribution is -2.45. The lowest BCUT2D eigenvalue weighted by atomic mass is 10.1. The van der Waals surface area contributed by atoms with Gasteiger partial charge in [0, 0.05) is 39.0 Å². The molecule has 2 aromatic heterocycles. The fraction of sp³-hybridized carbons (Fsp3) is 0.281. The van der Waals surface area contributed by atoms with E-state index >= 15 is 0 Å². The molecule has 1 atom stereocenters. The van der Waals surface area contributed by atoms with Gasteiger partial charge in [0.15, 0.2) is 0 Å². The normalized spacial score (nSPS) is 11.8. The molecule has 3 N–H and O–H groups in total. The van der Waals surface area contributed by atoms with Crippen LogP contribution in [0.5, 0.6) is 5.75 Å². The number of ether oxygens (including phenoxy) is 2. The second-order valence-electron chi connectivity index (χ2n) is 10.5. The molecule has 2 heterocycles. The first-order valence-electron chi connectivity index (χ1n) is 14.3. The summed E-state index contributed by atoms with van der Waals surface area (Å²) < 4.78 is 39.3. The summed E-state index contributed by atoms with van der Waals surface area (Å²) in [4.78, 5) is 59.6. The number of carbonyl (C=O) groups excluding carboxylic acids is 3. The van der Waals surface area contributed by atoms with Crippen LogP contribution >= 0.6 is 0 Å². The van der Waals surface area contributed by atoms with E-state index in [0.29, 0.717) is 29.0 Å². The number of fused-ring (bicyclic) bond motifs is 1. The molecule has 0 spiro atoms.